The average molecular weight is 227 g/mol. The molecule has 1 N–H and O–H groups in total. The van der Waals surface area contributed by atoms with Gasteiger partial charge < -0.3 is 10.2 Å². The van der Waals surface area contributed by atoms with Crippen LogP contribution in [0.3, 0.4) is 0 Å². The van der Waals surface area contributed by atoms with Crippen LogP contribution in [0.5, 0.6) is 0 Å². The van der Waals surface area contributed by atoms with Gasteiger partial charge in [-0.15, -0.1) is 0 Å². The van der Waals surface area contributed by atoms with Crippen LogP contribution in [0.1, 0.15) is 33.6 Å². The van der Waals surface area contributed by atoms with Crippen molar-refractivity contribution in [1.29, 1.82) is 0 Å². The summed E-state index contributed by atoms with van der Waals surface area (Å²) >= 11 is 0. The highest BCUT2D eigenvalue weighted by Crippen LogP contribution is 2.12. The minimum absolute atomic E-state index is 0.701. The second-order valence-electron chi connectivity index (χ2n) is 5.23. The number of hydrogen-bond acceptors (Lipinski definition) is 3. The molecule has 1 heterocycles. The van der Waals surface area contributed by atoms with Crippen molar-refractivity contribution in [2.24, 2.45) is 0 Å². The molecule has 0 bridgehead atoms. The van der Waals surface area contributed by atoms with E-state index < -0.39 is 0 Å². The number of hydrogen-bond donors (Lipinski definition) is 1. The molecule has 0 aromatic heterocycles. The normalized spacial score (nSPS) is 28.5. The summed E-state index contributed by atoms with van der Waals surface area (Å²) in [5, 5.41) is 3.47. The molecule has 0 aliphatic carbocycles. The molecule has 3 nitrogen and oxygen atoms in total. The van der Waals surface area contributed by atoms with Crippen LogP contribution < -0.4 is 5.32 Å². The van der Waals surface area contributed by atoms with E-state index in [0.29, 0.717) is 12.1 Å². The molecule has 96 valence electrons. The van der Waals surface area contributed by atoms with Gasteiger partial charge in [0.2, 0.25) is 0 Å². The van der Waals surface area contributed by atoms with E-state index >= 15 is 0 Å². The van der Waals surface area contributed by atoms with E-state index in [2.05, 4.69) is 42.9 Å². The maximum absolute atomic E-state index is 3.47. The van der Waals surface area contributed by atoms with Crippen molar-refractivity contribution >= 4 is 0 Å². The molecule has 0 saturated carbocycles. The van der Waals surface area contributed by atoms with Gasteiger partial charge in [0.25, 0.3) is 0 Å². The minimum Gasteiger partial charge on any atom is -0.317 e. The van der Waals surface area contributed by atoms with Gasteiger partial charge in [0.15, 0.2) is 0 Å². The molecule has 1 fully saturated rings. The zero-order valence-electron chi connectivity index (χ0n) is 11.5. The summed E-state index contributed by atoms with van der Waals surface area (Å²) < 4.78 is 0. The van der Waals surface area contributed by atoms with Gasteiger partial charge in [-0.2, -0.15) is 0 Å². The summed E-state index contributed by atoms with van der Waals surface area (Å²) in [6, 6.07) is 1.40. The van der Waals surface area contributed by atoms with Crippen molar-refractivity contribution in [2.75, 3.05) is 39.8 Å². The van der Waals surface area contributed by atoms with Crippen LogP contribution in [0, 0.1) is 0 Å². The molecule has 16 heavy (non-hydrogen) atoms. The standard InChI is InChI=1S/C13H29N3/c1-5-7-14-8-6-9-16-10-12(2)15(4)13(3)11-16/h12-14H,5-11H2,1-4H3. The van der Waals surface area contributed by atoms with Crippen molar-refractivity contribution in [3.8, 4) is 0 Å². The van der Waals surface area contributed by atoms with Gasteiger partial charge in [0.1, 0.15) is 0 Å². The molecule has 2 atom stereocenters. The number of rotatable bonds is 6. The Hall–Kier alpha value is -0.120. The van der Waals surface area contributed by atoms with Crippen molar-refractivity contribution in [1.82, 2.24) is 15.1 Å². The van der Waals surface area contributed by atoms with Crippen LogP contribution in [-0.4, -0.2) is 61.7 Å². The number of likely N-dealkylation sites (N-methyl/N-ethyl adjacent to an activating group) is 1. The smallest absolute Gasteiger partial charge is 0.0195 e. The summed E-state index contributed by atoms with van der Waals surface area (Å²) in [7, 11) is 2.25. The molecule has 1 aliphatic rings. The summed E-state index contributed by atoms with van der Waals surface area (Å²) in [6.07, 6.45) is 2.52. The Morgan fingerprint density at radius 1 is 1.12 bits per heavy atom. The third-order valence-corrected chi connectivity index (χ3v) is 3.69. The molecule has 0 amide bonds. The molecule has 1 saturated heterocycles. The Labute approximate surface area is 101 Å². The predicted molar refractivity (Wildman–Crippen MR) is 70.9 cm³/mol. The minimum atomic E-state index is 0.701. The summed E-state index contributed by atoms with van der Waals surface area (Å²) in [5.41, 5.74) is 0. The maximum atomic E-state index is 3.47. The van der Waals surface area contributed by atoms with Crippen LogP contribution in [0.4, 0.5) is 0 Å². The van der Waals surface area contributed by atoms with E-state index in [1.807, 2.05) is 0 Å². The molecule has 1 rings (SSSR count). The Kier molecular flexibility index (Phi) is 6.32. The molecular weight excluding hydrogens is 198 g/mol. The molecular formula is C13H29N3. The Balaban J connectivity index is 2.13. The highest BCUT2D eigenvalue weighted by molar-refractivity contribution is 4.82. The van der Waals surface area contributed by atoms with Crippen molar-refractivity contribution < 1.29 is 0 Å². The van der Waals surface area contributed by atoms with E-state index in [0.717, 1.165) is 6.54 Å². The number of nitrogens with zero attached hydrogens (tertiary/aromatic N) is 2. The molecule has 3 heteroatoms. The lowest BCUT2D eigenvalue weighted by molar-refractivity contribution is 0.0595. The zero-order valence-corrected chi connectivity index (χ0v) is 11.5. The average Bonchev–Trinajstić information content (AvgIpc) is 2.25. The first-order valence-corrected chi connectivity index (χ1v) is 6.80. The van der Waals surface area contributed by atoms with Gasteiger partial charge in [-0.05, 0) is 53.4 Å². The quantitative estimate of drug-likeness (QED) is 0.692. The first-order valence-electron chi connectivity index (χ1n) is 6.80. The van der Waals surface area contributed by atoms with Gasteiger partial charge in [-0.25, -0.2) is 0 Å². The first-order chi connectivity index (χ1) is 7.65. The van der Waals surface area contributed by atoms with Gasteiger partial charge in [-0.3, -0.25) is 4.90 Å². The van der Waals surface area contributed by atoms with Crippen LogP contribution in [0.15, 0.2) is 0 Å². The predicted octanol–water partition coefficient (Wildman–Crippen LogP) is 1.40. The van der Waals surface area contributed by atoms with Crippen molar-refractivity contribution in [3.05, 3.63) is 0 Å². The Morgan fingerprint density at radius 3 is 2.31 bits per heavy atom. The first kappa shape index (κ1) is 13.9. The summed E-state index contributed by atoms with van der Waals surface area (Å²) in [5.74, 6) is 0. The van der Waals surface area contributed by atoms with Crippen LogP contribution >= 0.6 is 0 Å². The fourth-order valence-corrected chi connectivity index (χ4v) is 2.43. The third-order valence-electron chi connectivity index (χ3n) is 3.69. The zero-order chi connectivity index (χ0) is 12.0. The van der Waals surface area contributed by atoms with E-state index in [1.54, 1.807) is 0 Å². The lowest BCUT2D eigenvalue weighted by Gasteiger charge is -2.42. The fourth-order valence-electron chi connectivity index (χ4n) is 2.43. The van der Waals surface area contributed by atoms with Gasteiger partial charge >= 0.3 is 0 Å². The van der Waals surface area contributed by atoms with Crippen LogP contribution in [-0.2, 0) is 0 Å². The maximum Gasteiger partial charge on any atom is 0.0195 e. The van der Waals surface area contributed by atoms with E-state index in [1.165, 1.54) is 39.0 Å². The highest BCUT2D eigenvalue weighted by atomic mass is 15.3. The largest absolute Gasteiger partial charge is 0.317 e. The van der Waals surface area contributed by atoms with Crippen molar-refractivity contribution in [2.45, 2.75) is 45.7 Å². The van der Waals surface area contributed by atoms with Crippen molar-refractivity contribution in [3.63, 3.8) is 0 Å². The van der Waals surface area contributed by atoms with Gasteiger partial charge in [0, 0.05) is 25.2 Å². The van der Waals surface area contributed by atoms with Gasteiger partial charge in [0.05, 0.1) is 0 Å². The molecule has 1 aliphatic heterocycles. The number of nitrogens with one attached hydrogen (secondary N) is 1. The van der Waals surface area contributed by atoms with Crippen LogP contribution in [0.2, 0.25) is 0 Å². The van der Waals surface area contributed by atoms with E-state index in [4.69, 9.17) is 0 Å². The fraction of sp³-hybridized carbons (Fsp3) is 1.00. The molecule has 0 radical (unpaired) electrons. The van der Waals surface area contributed by atoms with Crippen LogP contribution in [0.25, 0.3) is 0 Å². The number of piperazine rings is 1. The molecule has 0 aromatic carbocycles. The SMILES string of the molecule is CCCNCCCN1CC(C)N(C)C(C)C1. The lowest BCUT2D eigenvalue weighted by atomic mass is 10.1. The third kappa shape index (κ3) is 4.40. The summed E-state index contributed by atoms with van der Waals surface area (Å²) in [6.45, 7) is 12.9. The lowest BCUT2D eigenvalue weighted by Crippen LogP contribution is -2.55. The van der Waals surface area contributed by atoms with E-state index in [9.17, 15) is 0 Å². The topological polar surface area (TPSA) is 18.5 Å². The second-order valence-corrected chi connectivity index (χ2v) is 5.23. The Bertz CT molecular complexity index is 172. The monoisotopic (exact) mass is 227 g/mol. The molecule has 2 unspecified atom stereocenters. The Morgan fingerprint density at radius 2 is 1.75 bits per heavy atom. The van der Waals surface area contributed by atoms with Gasteiger partial charge in [-0.1, -0.05) is 6.92 Å². The molecule has 0 spiro atoms. The second kappa shape index (κ2) is 7.25. The summed E-state index contributed by atoms with van der Waals surface area (Å²) in [4.78, 5) is 5.11. The van der Waals surface area contributed by atoms with E-state index in [-0.39, 0.29) is 0 Å². The molecule has 0 aromatic rings. The highest BCUT2D eigenvalue weighted by Gasteiger charge is 2.25.